The highest BCUT2D eigenvalue weighted by Gasteiger charge is 2.14. The van der Waals surface area contributed by atoms with Gasteiger partial charge in [0.05, 0.1) is 18.4 Å². The number of benzene rings is 2. The maximum absolute atomic E-state index is 13.7. The van der Waals surface area contributed by atoms with Crippen molar-refractivity contribution in [1.29, 1.82) is 0 Å². The number of aryl methyl sites for hydroxylation is 1. The average Bonchev–Trinajstić information content (AvgIpc) is 3.10. The third kappa shape index (κ3) is 4.89. The molecule has 0 spiro atoms. The van der Waals surface area contributed by atoms with Gasteiger partial charge in [-0.15, -0.1) is 11.8 Å². The Kier molecular flexibility index (Phi) is 6.13. The zero-order chi connectivity index (χ0) is 19.2. The third-order valence-electron chi connectivity index (χ3n) is 3.75. The van der Waals surface area contributed by atoms with Crippen molar-refractivity contribution in [3.05, 3.63) is 76.9 Å². The van der Waals surface area contributed by atoms with Gasteiger partial charge in [0, 0.05) is 16.7 Å². The summed E-state index contributed by atoms with van der Waals surface area (Å²) in [7, 11) is 1.40. The minimum absolute atomic E-state index is 0.0266. The van der Waals surface area contributed by atoms with Gasteiger partial charge in [0.15, 0.2) is 11.6 Å². The summed E-state index contributed by atoms with van der Waals surface area (Å²) >= 11 is 1.47. The number of nitrogens with zero attached hydrogens (tertiary/aromatic N) is 1. The summed E-state index contributed by atoms with van der Waals surface area (Å²) in [6.07, 6.45) is 0. The molecular formula is C20H18FNO4S. The fourth-order valence-electron chi connectivity index (χ4n) is 2.43. The highest BCUT2D eigenvalue weighted by Crippen LogP contribution is 2.27. The SMILES string of the molecule is COc1ccc(COC(=O)c2ccccc2SCc2cc(C)on2)cc1F. The molecule has 3 aromatic rings. The summed E-state index contributed by atoms with van der Waals surface area (Å²) < 4.78 is 29.0. The number of halogens is 1. The van der Waals surface area contributed by atoms with Crippen LogP contribution in [0.4, 0.5) is 4.39 Å². The second-order valence-corrected chi connectivity index (χ2v) is 6.78. The van der Waals surface area contributed by atoms with Crippen molar-refractivity contribution in [2.45, 2.75) is 24.2 Å². The average molecular weight is 387 g/mol. The van der Waals surface area contributed by atoms with Crippen LogP contribution in [-0.2, 0) is 17.1 Å². The lowest BCUT2D eigenvalue weighted by Crippen LogP contribution is -2.07. The highest BCUT2D eigenvalue weighted by atomic mass is 32.2. The maximum atomic E-state index is 13.7. The molecule has 0 bridgehead atoms. The molecule has 3 rings (SSSR count). The molecule has 0 unspecified atom stereocenters. The van der Waals surface area contributed by atoms with Crippen molar-refractivity contribution in [3.63, 3.8) is 0 Å². The predicted molar refractivity (Wildman–Crippen MR) is 99.3 cm³/mol. The van der Waals surface area contributed by atoms with E-state index in [1.165, 1.54) is 31.0 Å². The van der Waals surface area contributed by atoms with E-state index in [9.17, 15) is 9.18 Å². The van der Waals surface area contributed by atoms with Crippen LogP contribution >= 0.6 is 11.8 Å². The van der Waals surface area contributed by atoms with Gasteiger partial charge in [0.2, 0.25) is 0 Å². The predicted octanol–water partition coefficient (Wildman–Crippen LogP) is 4.78. The van der Waals surface area contributed by atoms with E-state index in [1.54, 1.807) is 18.2 Å². The van der Waals surface area contributed by atoms with Crippen LogP contribution in [0.2, 0.25) is 0 Å². The summed E-state index contributed by atoms with van der Waals surface area (Å²) in [4.78, 5) is 13.3. The number of esters is 1. The molecule has 0 fully saturated rings. The van der Waals surface area contributed by atoms with Crippen LogP contribution < -0.4 is 4.74 Å². The lowest BCUT2D eigenvalue weighted by molar-refractivity contribution is 0.0468. The molecule has 1 heterocycles. The highest BCUT2D eigenvalue weighted by molar-refractivity contribution is 7.98. The number of methoxy groups -OCH3 is 1. The minimum Gasteiger partial charge on any atom is -0.494 e. The number of aromatic nitrogens is 1. The van der Waals surface area contributed by atoms with Gasteiger partial charge < -0.3 is 14.0 Å². The zero-order valence-electron chi connectivity index (χ0n) is 14.9. The lowest BCUT2D eigenvalue weighted by atomic mass is 10.2. The third-order valence-corrected chi connectivity index (χ3v) is 4.85. The summed E-state index contributed by atoms with van der Waals surface area (Å²) in [6, 6.07) is 13.5. The quantitative estimate of drug-likeness (QED) is 0.429. The van der Waals surface area contributed by atoms with E-state index < -0.39 is 11.8 Å². The van der Waals surface area contributed by atoms with Crippen molar-refractivity contribution in [1.82, 2.24) is 5.16 Å². The Morgan fingerprint density at radius 3 is 2.74 bits per heavy atom. The van der Waals surface area contributed by atoms with Gasteiger partial charge in [-0.1, -0.05) is 23.4 Å². The maximum Gasteiger partial charge on any atom is 0.339 e. The van der Waals surface area contributed by atoms with Crippen LogP contribution in [0.15, 0.2) is 57.9 Å². The Labute approximate surface area is 160 Å². The molecule has 5 nitrogen and oxygen atoms in total. The van der Waals surface area contributed by atoms with Gasteiger partial charge in [-0.05, 0) is 36.8 Å². The molecule has 2 aromatic carbocycles. The van der Waals surface area contributed by atoms with Crippen LogP contribution in [0.25, 0.3) is 0 Å². The molecule has 0 saturated carbocycles. The van der Waals surface area contributed by atoms with Gasteiger partial charge in [0.1, 0.15) is 12.4 Å². The molecule has 0 aliphatic rings. The topological polar surface area (TPSA) is 61.6 Å². The molecule has 27 heavy (non-hydrogen) atoms. The van der Waals surface area contributed by atoms with E-state index in [0.717, 1.165) is 16.3 Å². The second-order valence-electron chi connectivity index (χ2n) is 5.76. The Morgan fingerprint density at radius 1 is 1.22 bits per heavy atom. The number of hydrogen-bond acceptors (Lipinski definition) is 6. The fraction of sp³-hybridized carbons (Fsp3) is 0.200. The number of carbonyl (C=O) groups excluding carboxylic acids is 1. The van der Waals surface area contributed by atoms with E-state index in [1.807, 2.05) is 25.1 Å². The Morgan fingerprint density at radius 2 is 2.04 bits per heavy atom. The summed E-state index contributed by atoms with van der Waals surface area (Å²) in [5.41, 5.74) is 1.80. The van der Waals surface area contributed by atoms with Crippen LogP contribution in [0.1, 0.15) is 27.4 Å². The van der Waals surface area contributed by atoms with Gasteiger partial charge in [-0.25, -0.2) is 9.18 Å². The van der Waals surface area contributed by atoms with Crippen molar-refractivity contribution < 1.29 is 23.2 Å². The van der Waals surface area contributed by atoms with Crippen LogP contribution in [0.3, 0.4) is 0 Å². The van der Waals surface area contributed by atoms with E-state index in [-0.39, 0.29) is 12.4 Å². The summed E-state index contributed by atoms with van der Waals surface area (Å²) in [5.74, 6) is 0.501. The molecule has 0 atom stereocenters. The number of hydrogen-bond donors (Lipinski definition) is 0. The van der Waals surface area contributed by atoms with Crippen LogP contribution in [0, 0.1) is 12.7 Å². The molecule has 0 aliphatic carbocycles. The standard InChI is InChI=1S/C20H18FNO4S/c1-13-9-15(22-26-13)12-27-19-6-4-3-5-16(19)20(23)25-11-14-7-8-18(24-2)17(21)10-14/h3-10H,11-12H2,1-2H3. The first kappa shape index (κ1) is 19.0. The number of thioether (sulfide) groups is 1. The molecule has 1 aromatic heterocycles. The molecule has 0 radical (unpaired) electrons. The molecular weight excluding hydrogens is 369 g/mol. The first-order valence-corrected chi connectivity index (χ1v) is 9.19. The number of carbonyl (C=O) groups is 1. The van der Waals surface area contributed by atoms with E-state index in [0.29, 0.717) is 16.9 Å². The molecule has 0 amide bonds. The molecule has 0 saturated heterocycles. The normalized spacial score (nSPS) is 10.6. The van der Waals surface area contributed by atoms with Crippen molar-refractivity contribution in [2.24, 2.45) is 0 Å². The number of ether oxygens (including phenoxy) is 2. The first-order chi connectivity index (χ1) is 13.1. The van der Waals surface area contributed by atoms with Gasteiger partial charge >= 0.3 is 5.97 Å². The molecule has 140 valence electrons. The molecule has 0 N–H and O–H groups in total. The minimum atomic E-state index is -0.495. The van der Waals surface area contributed by atoms with E-state index in [4.69, 9.17) is 14.0 Å². The van der Waals surface area contributed by atoms with Gasteiger partial charge in [0.25, 0.3) is 0 Å². The summed E-state index contributed by atoms with van der Waals surface area (Å²) in [5, 5.41) is 3.95. The Balaban J connectivity index is 1.65. The lowest BCUT2D eigenvalue weighted by Gasteiger charge is -2.10. The van der Waals surface area contributed by atoms with E-state index >= 15 is 0 Å². The first-order valence-electron chi connectivity index (χ1n) is 8.20. The Bertz CT molecular complexity index is 941. The van der Waals surface area contributed by atoms with E-state index in [2.05, 4.69) is 5.16 Å². The van der Waals surface area contributed by atoms with Crippen LogP contribution in [0.5, 0.6) is 5.75 Å². The zero-order valence-corrected chi connectivity index (χ0v) is 15.7. The van der Waals surface area contributed by atoms with Crippen molar-refractivity contribution in [2.75, 3.05) is 7.11 Å². The molecule has 0 aliphatic heterocycles. The number of rotatable bonds is 7. The van der Waals surface area contributed by atoms with Crippen molar-refractivity contribution >= 4 is 17.7 Å². The smallest absolute Gasteiger partial charge is 0.339 e. The van der Waals surface area contributed by atoms with Crippen LogP contribution in [-0.4, -0.2) is 18.2 Å². The van der Waals surface area contributed by atoms with Gasteiger partial charge in [-0.2, -0.15) is 0 Å². The van der Waals surface area contributed by atoms with Crippen molar-refractivity contribution in [3.8, 4) is 5.75 Å². The Hall–Kier alpha value is -2.80. The molecule has 7 heteroatoms. The monoisotopic (exact) mass is 387 g/mol. The summed E-state index contributed by atoms with van der Waals surface area (Å²) in [6.45, 7) is 1.80. The second kappa shape index (κ2) is 8.73. The fourth-order valence-corrected chi connectivity index (χ4v) is 3.35. The van der Waals surface area contributed by atoms with Gasteiger partial charge in [-0.3, -0.25) is 0 Å². The largest absolute Gasteiger partial charge is 0.494 e.